The van der Waals surface area contributed by atoms with Crippen LogP contribution < -0.4 is 0 Å². The van der Waals surface area contributed by atoms with Crippen molar-refractivity contribution in [1.29, 1.82) is 0 Å². The normalized spacial score (nSPS) is 28.6. The Kier molecular flexibility index (Phi) is 7.34. The van der Waals surface area contributed by atoms with Gasteiger partial charge in [-0.2, -0.15) is 0 Å². The van der Waals surface area contributed by atoms with Crippen LogP contribution in [-0.2, 0) is 9.47 Å². The van der Waals surface area contributed by atoms with Crippen molar-refractivity contribution in [3.8, 4) is 0 Å². The van der Waals surface area contributed by atoms with Gasteiger partial charge in [0.15, 0.2) is 0 Å². The van der Waals surface area contributed by atoms with Crippen LogP contribution in [0.5, 0.6) is 0 Å². The van der Waals surface area contributed by atoms with Gasteiger partial charge < -0.3 is 9.47 Å². The molecule has 0 atom stereocenters. The summed E-state index contributed by atoms with van der Waals surface area (Å²) in [6.45, 7) is 9.94. The number of rotatable bonds is 7. The fraction of sp³-hybridized carbons (Fsp3) is 1.00. The monoisotopic (exact) mass is 334 g/mol. The van der Waals surface area contributed by atoms with Gasteiger partial charge in [0.1, 0.15) is 0 Å². The minimum absolute atomic E-state index is 0.0610. The Morgan fingerprint density at radius 3 is 2.26 bits per heavy atom. The second-order valence-electron chi connectivity index (χ2n) is 6.86. The van der Waals surface area contributed by atoms with Crippen molar-refractivity contribution in [3.05, 3.63) is 0 Å². The lowest BCUT2D eigenvalue weighted by molar-refractivity contribution is -0.0996. The fourth-order valence-electron chi connectivity index (χ4n) is 2.82. The number of hydrogen-bond donors (Lipinski definition) is 0. The van der Waals surface area contributed by atoms with Crippen LogP contribution in [0.1, 0.15) is 66.2 Å². The molecular weight excluding hydrogens is 304 g/mol. The molecular formula is C16H31BrO2. The number of hydrogen-bond acceptors (Lipinski definition) is 2. The van der Waals surface area contributed by atoms with E-state index in [9.17, 15) is 0 Å². The van der Waals surface area contributed by atoms with Crippen LogP contribution in [0.4, 0.5) is 0 Å². The molecule has 2 nitrogen and oxygen atoms in total. The average Bonchev–Trinajstić information content (AvgIpc) is 2.36. The maximum absolute atomic E-state index is 6.17. The summed E-state index contributed by atoms with van der Waals surface area (Å²) in [7, 11) is 0. The molecule has 0 saturated heterocycles. The molecule has 0 aromatic rings. The van der Waals surface area contributed by atoms with Crippen molar-refractivity contribution in [2.45, 2.75) is 77.4 Å². The van der Waals surface area contributed by atoms with E-state index in [1.807, 2.05) is 0 Å². The second-order valence-corrected chi connectivity index (χ2v) is 7.42. The van der Waals surface area contributed by atoms with Gasteiger partial charge in [-0.1, -0.05) is 35.7 Å². The van der Waals surface area contributed by atoms with Gasteiger partial charge in [0.25, 0.3) is 0 Å². The van der Waals surface area contributed by atoms with E-state index in [1.54, 1.807) is 0 Å². The fourth-order valence-corrected chi connectivity index (χ4v) is 3.55. The molecule has 0 aromatic carbocycles. The summed E-state index contributed by atoms with van der Waals surface area (Å²) in [5.74, 6) is 0.923. The Labute approximate surface area is 127 Å². The predicted octanol–water partition coefficient (Wildman–Crippen LogP) is 4.94. The summed E-state index contributed by atoms with van der Waals surface area (Å²) in [5, 5.41) is 0.953. The summed E-state index contributed by atoms with van der Waals surface area (Å²) < 4.78 is 11.9. The smallest absolute Gasteiger partial charge is 0.0780 e. The molecule has 1 aliphatic rings. The molecule has 0 spiro atoms. The highest BCUT2D eigenvalue weighted by Gasteiger charge is 2.35. The van der Waals surface area contributed by atoms with Crippen molar-refractivity contribution < 1.29 is 9.47 Å². The Bertz CT molecular complexity index is 240. The first-order valence-corrected chi connectivity index (χ1v) is 8.87. The van der Waals surface area contributed by atoms with Crippen LogP contribution in [0.2, 0.25) is 0 Å². The molecule has 1 rings (SSSR count). The van der Waals surface area contributed by atoms with E-state index in [0.29, 0.717) is 13.2 Å². The van der Waals surface area contributed by atoms with E-state index in [4.69, 9.17) is 9.47 Å². The first-order valence-electron chi connectivity index (χ1n) is 7.75. The van der Waals surface area contributed by atoms with Crippen molar-refractivity contribution in [2.24, 2.45) is 5.92 Å². The van der Waals surface area contributed by atoms with Crippen molar-refractivity contribution in [2.75, 3.05) is 18.5 Å². The van der Waals surface area contributed by atoms with Gasteiger partial charge in [-0.15, -0.1) is 0 Å². The Morgan fingerprint density at radius 2 is 1.79 bits per heavy atom. The minimum Gasteiger partial charge on any atom is -0.373 e. The zero-order valence-corrected chi connectivity index (χ0v) is 14.7. The highest BCUT2D eigenvalue weighted by Crippen LogP contribution is 2.37. The lowest BCUT2D eigenvalue weighted by Crippen LogP contribution is -2.40. The van der Waals surface area contributed by atoms with Crippen LogP contribution in [0.3, 0.4) is 0 Å². The van der Waals surface area contributed by atoms with Crippen molar-refractivity contribution in [1.82, 2.24) is 0 Å². The molecule has 1 saturated carbocycles. The molecule has 0 bridgehead atoms. The molecule has 0 N–H and O–H groups in total. The molecule has 3 heteroatoms. The van der Waals surface area contributed by atoms with Crippen molar-refractivity contribution in [3.63, 3.8) is 0 Å². The molecule has 0 amide bonds. The Hall–Kier alpha value is 0.400. The first-order chi connectivity index (χ1) is 8.91. The topological polar surface area (TPSA) is 18.5 Å². The van der Waals surface area contributed by atoms with E-state index in [1.165, 1.54) is 38.5 Å². The SMILES string of the molecule is CCCC1CCC(CBr)(OCCOC(C)(C)C)CC1. The van der Waals surface area contributed by atoms with Crippen LogP contribution in [-0.4, -0.2) is 29.7 Å². The lowest BCUT2D eigenvalue weighted by Gasteiger charge is -2.39. The van der Waals surface area contributed by atoms with Crippen LogP contribution in [0.25, 0.3) is 0 Å². The largest absolute Gasteiger partial charge is 0.373 e. The number of halogens is 1. The molecule has 19 heavy (non-hydrogen) atoms. The lowest BCUT2D eigenvalue weighted by atomic mass is 9.78. The van der Waals surface area contributed by atoms with E-state index >= 15 is 0 Å². The zero-order chi connectivity index (χ0) is 14.4. The third kappa shape index (κ3) is 6.59. The summed E-state index contributed by atoms with van der Waals surface area (Å²) >= 11 is 3.65. The molecule has 114 valence electrons. The van der Waals surface area contributed by atoms with Gasteiger partial charge in [-0.25, -0.2) is 0 Å². The van der Waals surface area contributed by atoms with Gasteiger partial charge in [-0.3, -0.25) is 0 Å². The quantitative estimate of drug-likeness (QED) is 0.484. The van der Waals surface area contributed by atoms with Crippen molar-refractivity contribution >= 4 is 15.9 Å². The first kappa shape index (κ1) is 17.5. The van der Waals surface area contributed by atoms with Gasteiger partial charge in [0.2, 0.25) is 0 Å². The second kappa shape index (κ2) is 7.99. The third-order valence-corrected chi connectivity index (χ3v) is 5.01. The molecule has 0 heterocycles. The highest BCUT2D eigenvalue weighted by atomic mass is 79.9. The van der Waals surface area contributed by atoms with E-state index in [-0.39, 0.29) is 11.2 Å². The summed E-state index contributed by atoms with van der Waals surface area (Å²) in [5.41, 5.74) is -0.00476. The molecule has 1 fully saturated rings. The van der Waals surface area contributed by atoms with E-state index < -0.39 is 0 Å². The molecule has 0 aromatic heterocycles. The van der Waals surface area contributed by atoms with Gasteiger partial charge in [-0.05, 0) is 52.4 Å². The third-order valence-electron chi connectivity index (χ3n) is 3.98. The maximum Gasteiger partial charge on any atom is 0.0780 e. The average molecular weight is 335 g/mol. The van der Waals surface area contributed by atoms with Gasteiger partial charge in [0, 0.05) is 5.33 Å². The molecule has 0 radical (unpaired) electrons. The summed E-state index contributed by atoms with van der Waals surface area (Å²) in [4.78, 5) is 0. The molecule has 0 unspecified atom stereocenters. The van der Waals surface area contributed by atoms with Gasteiger partial charge in [0.05, 0.1) is 24.4 Å². The highest BCUT2D eigenvalue weighted by molar-refractivity contribution is 9.09. The Balaban J connectivity index is 2.29. The minimum atomic E-state index is -0.0658. The molecule has 0 aliphatic heterocycles. The van der Waals surface area contributed by atoms with Crippen LogP contribution in [0.15, 0.2) is 0 Å². The van der Waals surface area contributed by atoms with Crippen LogP contribution in [0, 0.1) is 5.92 Å². The van der Waals surface area contributed by atoms with Gasteiger partial charge >= 0.3 is 0 Å². The molecule has 1 aliphatic carbocycles. The Morgan fingerprint density at radius 1 is 1.16 bits per heavy atom. The number of ether oxygens (including phenoxy) is 2. The zero-order valence-electron chi connectivity index (χ0n) is 13.1. The summed E-state index contributed by atoms with van der Waals surface area (Å²) in [6.07, 6.45) is 7.72. The predicted molar refractivity (Wildman–Crippen MR) is 85.0 cm³/mol. The van der Waals surface area contributed by atoms with E-state index in [0.717, 1.165) is 11.2 Å². The van der Waals surface area contributed by atoms with Crippen LogP contribution >= 0.6 is 15.9 Å². The standard InChI is InChI=1S/C16H31BrO2/c1-5-6-14-7-9-16(13-17,10-8-14)19-12-11-18-15(2,3)4/h14H,5-13H2,1-4H3. The van der Waals surface area contributed by atoms with E-state index in [2.05, 4.69) is 43.6 Å². The summed E-state index contributed by atoms with van der Waals surface area (Å²) in [6, 6.07) is 0. The maximum atomic E-state index is 6.17. The number of alkyl halides is 1.